The summed E-state index contributed by atoms with van der Waals surface area (Å²) in [5.74, 6) is -2.55. The standard InChI is InChI=1S/C52H99N3O9/c1-5-7-9-11-13-15-17-19-21-23-25-27-29-31-33-35-39-55(46(58)36-34-32-30-28-26-24-22-20-18-16-14-12-10-8-6-2)52-48(50(62)49(61)44(41-56)64-52)54-51(63)43(40-42(3)4)53-45(57)37-38-47(59)60/h42-44,48-50,52,56,61-62H,5-41H2,1-4H3,(H,53,57)(H,54,63)(H,59,60)/t43-,44+,48+,49+,50+,52+/m0/s1. The van der Waals surface area contributed by atoms with E-state index < -0.39 is 61.0 Å². The molecule has 12 nitrogen and oxygen atoms in total. The Hall–Kier alpha value is -2.28. The average Bonchev–Trinajstić information content (AvgIpc) is 3.26. The van der Waals surface area contributed by atoms with Gasteiger partial charge in [-0.2, -0.15) is 0 Å². The van der Waals surface area contributed by atoms with Crippen LogP contribution in [0.1, 0.15) is 252 Å². The number of hydrogen-bond donors (Lipinski definition) is 6. The molecule has 0 bridgehead atoms. The van der Waals surface area contributed by atoms with Gasteiger partial charge in [0.15, 0.2) is 6.23 Å². The summed E-state index contributed by atoms with van der Waals surface area (Å²) in [5.41, 5.74) is 0. The topological polar surface area (TPSA) is 186 Å². The van der Waals surface area contributed by atoms with Crippen LogP contribution in [0.5, 0.6) is 0 Å². The molecule has 0 aromatic carbocycles. The summed E-state index contributed by atoms with van der Waals surface area (Å²) < 4.78 is 6.21. The van der Waals surface area contributed by atoms with E-state index in [9.17, 15) is 34.5 Å². The van der Waals surface area contributed by atoms with E-state index in [-0.39, 0.29) is 37.5 Å². The van der Waals surface area contributed by atoms with E-state index in [1.807, 2.05) is 13.8 Å². The Bertz CT molecular complexity index is 1170. The second-order valence-corrected chi connectivity index (χ2v) is 19.5. The molecule has 6 atom stereocenters. The molecule has 1 saturated heterocycles. The van der Waals surface area contributed by atoms with E-state index in [2.05, 4.69) is 24.5 Å². The largest absolute Gasteiger partial charge is 0.481 e. The normalized spacial score (nSPS) is 19.2. The molecule has 1 rings (SSSR count). The Kier molecular flexibility index (Phi) is 37.2. The highest BCUT2D eigenvalue weighted by atomic mass is 16.5. The molecule has 0 unspecified atom stereocenters. The van der Waals surface area contributed by atoms with Gasteiger partial charge < -0.3 is 40.7 Å². The first kappa shape index (κ1) is 59.7. The molecule has 0 aliphatic carbocycles. The predicted octanol–water partition coefficient (Wildman–Crippen LogP) is 10.7. The first-order valence-electron chi connectivity index (χ1n) is 26.7. The highest BCUT2D eigenvalue weighted by Gasteiger charge is 2.48. The van der Waals surface area contributed by atoms with Gasteiger partial charge in [0.2, 0.25) is 17.7 Å². The summed E-state index contributed by atoms with van der Waals surface area (Å²) in [6.45, 7) is 8.02. The van der Waals surface area contributed by atoms with Gasteiger partial charge >= 0.3 is 5.97 Å². The molecule has 0 aromatic rings. The van der Waals surface area contributed by atoms with Gasteiger partial charge in [-0.1, -0.05) is 214 Å². The molecule has 0 aromatic heterocycles. The minimum Gasteiger partial charge on any atom is -0.481 e. The van der Waals surface area contributed by atoms with E-state index in [4.69, 9.17) is 9.84 Å². The number of nitrogens with zero attached hydrogens (tertiary/aromatic N) is 1. The van der Waals surface area contributed by atoms with Gasteiger partial charge in [-0.3, -0.25) is 19.2 Å². The van der Waals surface area contributed by atoms with Crippen LogP contribution in [0, 0.1) is 5.92 Å². The van der Waals surface area contributed by atoms with Crippen molar-refractivity contribution in [3.63, 3.8) is 0 Å². The minimum absolute atomic E-state index is 0.0221. The lowest BCUT2D eigenvalue weighted by molar-refractivity contribution is -0.231. The molecule has 64 heavy (non-hydrogen) atoms. The zero-order valence-electron chi connectivity index (χ0n) is 41.5. The molecular weight excluding hydrogens is 811 g/mol. The summed E-state index contributed by atoms with van der Waals surface area (Å²) in [6, 6.07) is -2.30. The number of rotatable bonds is 43. The Morgan fingerprint density at radius 1 is 0.562 bits per heavy atom. The van der Waals surface area contributed by atoms with Crippen LogP contribution >= 0.6 is 0 Å². The van der Waals surface area contributed by atoms with E-state index in [0.717, 1.165) is 38.5 Å². The fraction of sp³-hybridized carbons (Fsp3) is 0.923. The summed E-state index contributed by atoms with van der Waals surface area (Å²) >= 11 is 0. The van der Waals surface area contributed by atoms with Crippen molar-refractivity contribution in [2.75, 3.05) is 13.2 Å². The van der Waals surface area contributed by atoms with Gasteiger partial charge in [0.1, 0.15) is 30.4 Å². The second kappa shape index (κ2) is 39.8. The predicted molar refractivity (Wildman–Crippen MR) is 259 cm³/mol. The number of aliphatic hydroxyl groups is 3. The lowest BCUT2D eigenvalue weighted by Gasteiger charge is -2.47. The van der Waals surface area contributed by atoms with Crippen LogP contribution in [0.2, 0.25) is 0 Å². The third-order valence-electron chi connectivity index (χ3n) is 13.0. The molecule has 0 radical (unpaired) electrons. The fourth-order valence-electron chi connectivity index (χ4n) is 8.99. The number of hydrogen-bond acceptors (Lipinski definition) is 8. The molecule has 1 aliphatic rings. The molecule has 3 amide bonds. The number of carboxylic acids is 1. The number of carbonyl (C=O) groups is 4. The van der Waals surface area contributed by atoms with Crippen LogP contribution in [-0.4, -0.2) is 98.8 Å². The van der Waals surface area contributed by atoms with E-state index in [1.54, 1.807) is 4.90 Å². The van der Waals surface area contributed by atoms with Gasteiger partial charge in [-0.05, 0) is 25.2 Å². The molecule has 0 spiro atoms. The van der Waals surface area contributed by atoms with Crippen LogP contribution < -0.4 is 10.6 Å². The molecule has 1 aliphatic heterocycles. The summed E-state index contributed by atoms with van der Waals surface area (Å²) in [6.07, 6.45) is 32.2. The van der Waals surface area contributed by atoms with Gasteiger partial charge in [0.25, 0.3) is 0 Å². The summed E-state index contributed by atoms with van der Waals surface area (Å²) in [5, 5.41) is 47.1. The first-order chi connectivity index (χ1) is 31.0. The quantitative estimate of drug-likeness (QED) is 0.0324. The zero-order chi connectivity index (χ0) is 47.2. The Balaban J connectivity index is 2.87. The van der Waals surface area contributed by atoms with Crippen LogP contribution in [-0.2, 0) is 23.9 Å². The van der Waals surface area contributed by atoms with Gasteiger partial charge in [0.05, 0.1) is 13.0 Å². The number of aliphatic carboxylic acids is 1. The fourth-order valence-corrected chi connectivity index (χ4v) is 8.99. The van der Waals surface area contributed by atoms with Gasteiger partial charge in [-0.15, -0.1) is 0 Å². The lowest BCUT2D eigenvalue weighted by atomic mass is 9.94. The maximum absolute atomic E-state index is 14.2. The van der Waals surface area contributed by atoms with Crippen molar-refractivity contribution in [3.8, 4) is 0 Å². The Morgan fingerprint density at radius 3 is 1.36 bits per heavy atom. The molecule has 6 N–H and O–H groups in total. The summed E-state index contributed by atoms with van der Waals surface area (Å²) in [7, 11) is 0. The van der Waals surface area contributed by atoms with Crippen molar-refractivity contribution in [2.45, 2.75) is 289 Å². The first-order valence-corrected chi connectivity index (χ1v) is 26.7. The van der Waals surface area contributed by atoms with E-state index in [0.29, 0.717) is 19.4 Å². The SMILES string of the molecule is CCCCCCCCCCCCCCCCCCN(C(=O)CCCCCCCCCCCCCCCCC)[C@@H]1O[C@H](CO)[C@@H](O)[C@H](O)[C@H]1NC(=O)[C@H](CC(C)C)NC(=O)CCC(=O)O. The number of unbranched alkanes of at least 4 members (excludes halogenated alkanes) is 29. The molecule has 0 saturated carbocycles. The molecule has 1 heterocycles. The molecule has 376 valence electrons. The third kappa shape index (κ3) is 29.4. The van der Waals surface area contributed by atoms with Crippen molar-refractivity contribution in [2.24, 2.45) is 5.92 Å². The number of amides is 3. The monoisotopic (exact) mass is 910 g/mol. The van der Waals surface area contributed by atoms with Crippen LogP contribution in [0.25, 0.3) is 0 Å². The van der Waals surface area contributed by atoms with Crippen LogP contribution in [0.4, 0.5) is 0 Å². The number of carboxylic acid groups (broad SMARTS) is 1. The smallest absolute Gasteiger partial charge is 0.303 e. The minimum atomic E-state index is -1.57. The van der Waals surface area contributed by atoms with E-state index in [1.165, 1.54) is 148 Å². The molecule has 12 heteroatoms. The number of carbonyl (C=O) groups excluding carboxylic acids is 3. The van der Waals surface area contributed by atoms with Gasteiger partial charge in [-0.25, -0.2) is 0 Å². The van der Waals surface area contributed by atoms with Crippen LogP contribution in [0.15, 0.2) is 0 Å². The Morgan fingerprint density at radius 2 is 0.969 bits per heavy atom. The van der Waals surface area contributed by atoms with Crippen LogP contribution in [0.3, 0.4) is 0 Å². The summed E-state index contributed by atoms with van der Waals surface area (Å²) in [4.78, 5) is 53.4. The van der Waals surface area contributed by atoms with Crippen molar-refractivity contribution in [3.05, 3.63) is 0 Å². The van der Waals surface area contributed by atoms with Crippen molar-refractivity contribution < 1.29 is 44.3 Å². The second-order valence-electron chi connectivity index (χ2n) is 19.5. The van der Waals surface area contributed by atoms with Crippen molar-refractivity contribution in [1.82, 2.24) is 15.5 Å². The number of ether oxygens (including phenoxy) is 1. The highest BCUT2D eigenvalue weighted by Crippen LogP contribution is 2.27. The lowest BCUT2D eigenvalue weighted by Crippen LogP contribution is -2.70. The third-order valence-corrected chi connectivity index (χ3v) is 13.0. The number of nitrogens with one attached hydrogen (secondary N) is 2. The van der Waals surface area contributed by atoms with Crippen molar-refractivity contribution >= 4 is 23.7 Å². The zero-order valence-corrected chi connectivity index (χ0v) is 41.5. The molecule has 1 fully saturated rings. The maximum atomic E-state index is 14.2. The Labute approximate surface area is 390 Å². The maximum Gasteiger partial charge on any atom is 0.303 e. The van der Waals surface area contributed by atoms with E-state index >= 15 is 0 Å². The average molecular weight is 910 g/mol. The highest BCUT2D eigenvalue weighted by molar-refractivity contribution is 5.89. The van der Waals surface area contributed by atoms with Gasteiger partial charge in [0, 0.05) is 19.4 Å². The molecular formula is C52H99N3O9. The number of aliphatic hydroxyl groups excluding tert-OH is 3. The van der Waals surface area contributed by atoms with Crippen molar-refractivity contribution in [1.29, 1.82) is 0 Å².